The third kappa shape index (κ3) is 3.65. The van der Waals surface area contributed by atoms with Gasteiger partial charge in [-0.15, -0.1) is 15.3 Å². The largest absolute Gasteiger partial charge is 0.467 e. The van der Waals surface area contributed by atoms with Crippen LogP contribution >= 0.6 is 0 Å². The van der Waals surface area contributed by atoms with Crippen LogP contribution in [0.4, 0.5) is 0 Å². The van der Waals surface area contributed by atoms with Gasteiger partial charge in [-0.25, -0.2) is 0 Å². The Morgan fingerprint density at radius 3 is 3.12 bits per heavy atom. The van der Waals surface area contributed by atoms with Gasteiger partial charge in [0.2, 0.25) is 11.8 Å². The van der Waals surface area contributed by atoms with Crippen molar-refractivity contribution in [2.75, 3.05) is 13.7 Å². The Balaban J connectivity index is 1.53. The first-order valence-electron chi connectivity index (χ1n) is 7.51. The predicted octanol–water partition coefficient (Wildman–Crippen LogP) is 0.497. The summed E-state index contributed by atoms with van der Waals surface area (Å²) in [4.78, 5) is 17.8. The Labute approximate surface area is 137 Å². The zero-order chi connectivity index (χ0) is 16.9. The normalized spacial score (nSPS) is 10.9. The number of carbonyl (C=O) groups excluding carboxylic acids is 1. The molecule has 0 atom stereocenters. The van der Waals surface area contributed by atoms with E-state index >= 15 is 0 Å². The van der Waals surface area contributed by atoms with Crippen LogP contribution in [0.3, 0.4) is 0 Å². The maximum Gasteiger partial charge on any atom is 0.260 e. The fourth-order valence-corrected chi connectivity index (χ4v) is 2.00. The van der Waals surface area contributed by atoms with Gasteiger partial charge in [0.1, 0.15) is 6.33 Å². The van der Waals surface area contributed by atoms with Crippen molar-refractivity contribution < 1.29 is 14.1 Å². The van der Waals surface area contributed by atoms with E-state index in [0.717, 1.165) is 12.8 Å². The van der Waals surface area contributed by atoms with E-state index in [1.807, 2.05) is 6.92 Å². The Morgan fingerprint density at radius 2 is 2.29 bits per heavy atom. The number of hydrogen-bond donors (Lipinski definition) is 0. The lowest BCUT2D eigenvalue weighted by Gasteiger charge is -2.14. The number of fused-ring (bicyclic) bond motifs is 1. The molecule has 0 aromatic carbocycles. The molecule has 0 bridgehead atoms. The third-order valence-corrected chi connectivity index (χ3v) is 3.26. The van der Waals surface area contributed by atoms with E-state index in [-0.39, 0.29) is 19.1 Å². The molecule has 10 nitrogen and oxygen atoms in total. The average Bonchev–Trinajstić information content (AvgIpc) is 3.21. The van der Waals surface area contributed by atoms with Crippen molar-refractivity contribution >= 4 is 11.6 Å². The van der Waals surface area contributed by atoms with Crippen LogP contribution in [0.25, 0.3) is 5.65 Å². The second-order valence-corrected chi connectivity index (χ2v) is 5.20. The molecule has 3 rings (SSSR count). The lowest BCUT2D eigenvalue weighted by atomic mass is 10.3. The van der Waals surface area contributed by atoms with Crippen molar-refractivity contribution in [2.45, 2.75) is 26.3 Å². The van der Waals surface area contributed by atoms with E-state index in [1.165, 1.54) is 15.7 Å². The van der Waals surface area contributed by atoms with Crippen LogP contribution in [0, 0.1) is 0 Å². The number of aryl methyl sites for hydroxylation is 1. The summed E-state index contributed by atoms with van der Waals surface area (Å²) in [5.41, 5.74) is 0.602. The molecule has 3 aromatic rings. The van der Waals surface area contributed by atoms with Crippen molar-refractivity contribution in [2.24, 2.45) is 0 Å². The minimum absolute atomic E-state index is 0.146. The Morgan fingerprint density at radius 1 is 1.42 bits per heavy atom. The van der Waals surface area contributed by atoms with E-state index in [9.17, 15) is 4.79 Å². The molecule has 24 heavy (non-hydrogen) atoms. The number of likely N-dealkylation sites (N-methyl/N-ethyl adjacent to an activating group) is 1. The molecular weight excluding hydrogens is 314 g/mol. The Bertz CT molecular complexity index is 829. The highest BCUT2D eigenvalue weighted by molar-refractivity contribution is 5.77. The maximum atomic E-state index is 12.1. The number of amides is 1. The maximum absolute atomic E-state index is 12.1. The van der Waals surface area contributed by atoms with Gasteiger partial charge in [-0.05, 0) is 12.5 Å². The SMILES string of the molecule is CCCc1noc(CN(C)C(=O)COc2ccc3nncn3n2)n1. The van der Waals surface area contributed by atoms with Gasteiger partial charge >= 0.3 is 0 Å². The molecule has 126 valence electrons. The van der Waals surface area contributed by atoms with Crippen LogP contribution in [-0.4, -0.2) is 54.4 Å². The molecule has 0 fully saturated rings. The van der Waals surface area contributed by atoms with Gasteiger partial charge in [0, 0.05) is 19.5 Å². The summed E-state index contributed by atoms with van der Waals surface area (Å²) in [6.45, 7) is 2.12. The van der Waals surface area contributed by atoms with Crippen LogP contribution in [-0.2, 0) is 17.8 Å². The van der Waals surface area contributed by atoms with Gasteiger partial charge < -0.3 is 14.2 Å². The summed E-state index contributed by atoms with van der Waals surface area (Å²) < 4.78 is 12.0. The summed E-state index contributed by atoms with van der Waals surface area (Å²) in [5, 5.41) is 15.6. The summed E-state index contributed by atoms with van der Waals surface area (Å²) in [7, 11) is 1.64. The van der Waals surface area contributed by atoms with Gasteiger partial charge in [0.25, 0.3) is 5.91 Å². The number of hydrogen-bond acceptors (Lipinski definition) is 8. The molecule has 3 heterocycles. The van der Waals surface area contributed by atoms with Gasteiger partial charge in [0.15, 0.2) is 18.1 Å². The fourth-order valence-electron chi connectivity index (χ4n) is 2.00. The molecule has 0 aliphatic carbocycles. The number of rotatable bonds is 7. The van der Waals surface area contributed by atoms with E-state index in [2.05, 4.69) is 25.4 Å². The van der Waals surface area contributed by atoms with Crippen LogP contribution in [0.1, 0.15) is 25.1 Å². The molecule has 0 N–H and O–H groups in total. The van der Waals surface area contributed by atoms with Crippen molar-refractivity contribution in [1.82, 2.24) is 34.9 Å². The molecule has 0 spiro atoms. The summed E-state index contributed by atoms with van der Waals surface area (Å²) in [6, 6.07) is 3.34. The highest BCUT2D eigenvalue weighted by Crippen LogP contribution is 2.08. The average molecular weight is 331 g/mol. The second kappa shape index (κ2) is 7.02. The minimum Gasteiger partial charge on any atom is -0.467 e. The van der Waals surface area contributed by atoms with E-state index < -0.39 is 0 Å². The monoisotopic (exact) mass is 331 g/mol. The first kappa shape index (κ1) is 15.8. The highest BCUT2D eigenvalue weighted by atomic mass is 16.5. The van der Waals surface area contributed by atoms with Crippen LogP contribution < -0.4 is 4.74 Å². The Kier molecular flexibility index (Phi) is 4.64. The smallest absolute Gasteiger partial charge is 0.260 e. The van der Waals surface area contributed by atoms with Crippen molar-refractivity contribution in [3.63, 3.8) is 0 Å². The van der Waals surface area contributed by atoms with Gasteiger partial charge in [-0.3, -0.25) is 4.79 Å². The molecule has 3 aromatic heterocycles. The molecular formula is C14H17N7O3. The molecule has 0 saturated heterocycles. The quantitative estimate of drug-likeness (QED) is 0.615. The predicted molar refractivity (Wildman–Crippen MR) is 81.0 cm³/mol. The van der Waals surface area contributed by atoms with Gasteiger partial charge in [0.05, 0.1) is 6.54 Å². The number of ether oxygens (including phenoxy) is 1. The standard InChI is InChI=1S/C14H17N7O3/c1-3-4-10-16-13(24-19-10)7-20(2)14(22)8-23-12-6-5-11-17-15-9-21(11)18-12/h5-6,9H,3-4,7-8H2,1-2H3. The molecule has 0 unspecified atom stereocenters. The van der Waals surface area contributed by atoms with E-state index in [4.69, 9.17) is 9.26 Å². The van der Waals surface area contributed by atoms with Gasteiger partial charge in [-0.2, -0.15) is 9.50 Å². The number of carbonyl (C=O) groups is 1. The zero-order valence-corrected chi connectivity index (χ0v) is 13.4. The molecule has 10 heteroatoms. The highest BCUT2D eigenvalue weighted by Gasteiger charge is 2.15. The van der Waals surface area contributed by atoms with Crippen molar-refractivity contribution in [1.29, 1.82) is 0 Å². The molecule has 0 aliphatic rings. The topological polar surface area (TPSA) is 112 Å². The fraction of sp³-hybridized carbons (Fsp3) is 0.429. The first-order valence-corrected chi connectivity index (χ1v) is 7.51. The van der Waals surface area contributed by atoms with E-state index in [0.29, 0.717) is 23.2 Å². The molecule has 0 aliphatic heterocycles. The molecule has 0 radical (unpaired) electrons. The number of aromatic nitrogens is 6. The third-order valence-electron chi connectivity index (χ3n) is 3.26. The van der Waals surface area contributed by atoms with Crippen LogP contribution in [0.2, 0.25) is 0 Å². The van der Waals surface area contributed by atoms with Crippen molar-refractivity contribution in [3.8, 4) is 5.88 Å². The number of nitrogens with zero attached hydrogens (tertiary/aromatic N) is 7. The van der Waals surface area contributed by atoms with Crippen LogP contribution in [0.15, 0.2) is 23.0 Å². The minimum atomic E-state index is -0.226. The summed E-state index contributed by atoms with van der Waals surface area (Å²) in [5.74, 6) is 1.14. The first-order chi connectivity index (χ1) is 11.7. The summed E-state index contributed by atoms with van der Waals surface area (Å²) >= 11 is 0. The van der Waals surface area contributed by atoms with Crippen molar-refractivity contribution in [3.05, 3.63) is 30.2 Å². The second-order valence-electron chi connectivity index (χ2n) is 5.20. The lowest BCUT2D eigenvalue weighted by molar-refractivity contribution is -0.133. The molecule has 1 amide bonds. The van der Waals surface area contributed by atoms with Gasteiger partial charge in [-0.1, -0.05) is 12.1 Å². The Hall–Kier alpha value is -3.04. The lowest BCUT2D eigenvalue weighted by Crippen LogP contribution is -2.31. The molecule has 0 saturated carbocycles. The van der Waals surface area contributed by atoms with E-state index in [1.54, 1.807) is 19.2 Å². The zero-order valence-electron chi connectivity index (χ0n) is 13.4. The van der Waals surface area contributed by atoms with Crippen LogP contribution in [0.5, 0.6) is 5.88 Å². The summed E-state index contributed by atoms with van der Waals surface area (Å²) in [6.07, 6.45) is 3.15.